The largest absolute Gasteiger partial charge is 0.339 e. The zero-order valence-corrected chi connectivity index (χ0v) is 15.6. The fourth-order valence-electron chi connectivity index (χ4n) is 3.30. The molecule has 27 heavy (non-hydrogen) atoms. The van der Waals surface area contributed by atoms with Gasteiger partial charge in [-0.2, -0.15) is 0 Å². The number of aromatic nitrogens is 5. The Morgan fingerprint density at radius 2 is 1.96 bits per heavy atom. The van der Waals surface area contributed by atoms with Crippen LogP contribution in [0.3, 0.4) is 0 Å². The molecule has 0 radical (unpaired) electrons. The van der Waals surface area contributed by atoms with Gasteiger partial charge in [0.25, 0.3) is 5.91 Å². The van der Waals surface area contributed by atoms with Crippen molar-refractivity contribution in [3.63, 3.8) is 0 Å². The number of carbonyl (C=O) groups excluding carboxylic acids is 1. The molecule has 1 amide bonds. The van der Waals surface area contributed by atoms with Crippen molar-refractivity contribution < 1.29 is 4.79 Å². The number of fused-ring (bicyclic) bond motifs is 1. The van der Waals surface area contributed by atoms with E-state index in [-0.39, 0.29) is 5.91 Å². The number of hydrogen-bond donors (Lipinski definition) is 2. The second kappa shape index (κ2) is 6.92. The average molecular weight is 366 g/mol. The Morgan fingerprint density at radius 1 is 1.19 bits per heavy atom. The van der Waals surface area contributed by atoms with Crippen LogP contribution in [-0.2, 0) is 0 Å². The fourth-order valence-corrected chi connectivity index (χ4v) is 3.30. The maximum Gasteiger partial charge on any atom is 0.259 e. The number of imidazole rings is 1. The molecule has 3 aromatic rings. The second-order valence-electron chi connectivity index (χ2n) is 6.77. The highest BCUT2D eigenvalue weighted by Gasteiger charge is 2.23. The van der Waals surface area contributed by atoms with Crippen molar-refractivity contribution in [3.8, 4) is 0 Å². The van der Waals surface area contributed by atoms with E-state index in [1.807, 2.05) is 31.5 Å². The summed E-state index contributed by atoms with van der Waals surface area (Å²) in [5, 5.41) is 6.07. The third-order valence-electron chi connectivity index (χ3n) is 4.75. The van der Waals surface area contributed by atoms with E-state index in [1.165, 1.54) is 0 Å². The molecule has 4 heterocycles. The molecule has 0 spiro atoms. The lowest BCUT2D eigenvalue weighted by Crippen LogP contribution is -2.30. The van der Waals surface area contributed by atoms with Crippen LogP contribution < -0.4 is 15.5 Å². The first-order valence-corrected chi connectivity index (χ1v) is 8.92. The van der Waals surface area contributed by atoms with Crippen molar-refractivity contribution in [1.29, 1.82) is 0 Å². The van der Waals surface area contributed by atoms with Crippen molar-refractivity contribution >= 4 is 23.3 Å². The molecular weight excluding hydrogens is 344 g/mol. The molecule has 0 saturated carbocycles. The molecule has 0 aromatic carbocycles. The Labute approximate surface area is 156 Å². The van der Waals surface area contributed by atoms with Gasteiger partial charge in [0, 0.05) is 37.7 Å². The molecule has 2 N–H and O–H groups in total. The zero-order chi connectivity index (χ0) is 19.0. The average Bonchev–Trinajstić information content (AvgIpc) is 3.28. The third-order valence-corrected chi connectivity index (χ3v) is 4.75. The van der Waals surface area contributed by atoms with E-state index in [2.05, 4.69) is 35.5 Å². The molecule has 9 nitrogen and oxygen atoms in total. The number of anilines is 2. The number of carbonyl (C=O) groups is 1. The minimum Gasteiger partial charge on any atom is -0.339 e. The van der Waals surface area contributed by atoms with Crippen LogP contribution in [0.15, 0.2) is 24.8 Å². The predicted octanol–water partition coefficient (Wildman–Crippen LogP) is 1.19. The summed E-state index contributed by atoms with van der Waals surface area (Å²) in [5.74, 6) is 0.815. The Bertz CT molecular complexity index is 981. The normalized spacial score (nSPS) is 16.9. The first kappa shape index (κ1) is 17.3. The van der Waals surface area contributed by atoms with Gasteiger partial charge in [-0.15, -0.1) is 0 Å². The smallest absolute Gasteiger partial charge is 0.259 e. The number of rotatable bonds is 4. The van der Waals surface area contributed by atoms with Gasteiger partial charge >= 0.3 is 0 Å². The lowest BCUT2D eigenvalue weighted by atomic mass is 10.3. The van der Waals surface area contributed by atoms with Gasteiger partial charge in [0.15, 0.2) is 5.65 Å². The summed E-state index contributed by atoms with van der Waals surface area (Å²) in [7, 11) is 1.96. The van der Waals surface area contributed by atoms with Gasteiger partial charge in [0.2, 0.25) is 5.95 Å². The fraction of sp³-hybridized carbons (Fsp3) is 0.389. The number of nitrogens with zero attached hydrogens (tertiary/aromatic N) is 6. The molecule has 3 aromatic heterocycles. The van der Waals surface area contributed by atoms with Crippen LogP contribution in [0, 0.1) is 13.8 Å². The summed E-state index contributed by atoms with van der Waals surface area (Å²) < 4.78 is 1.86. The lowest BCUT2D eigenvalue weighted by Gasteiger charge is -2.16. The third kappa shape index (κ3) is 3.45. The van der Waals surface area contributed by atoms with E-state index < -0.39 is 0 Å². The number of amides is 1. The molecule has 0 aliphatic carbocycles. The topological polar surface area (TPSA) is 100 Å². The minimum atomic E-state index is -0.292. The second-order valence-corrected chi connectivity index (χ2v) is 6.77. The van der Waals surface area contributed by atoms with Crippen LogP contribution in [0.4, 0.5) is 11.8 Å². The van der Waals surface area contributed by atoms with Crippen LogP contribution in [-0.4, -0.2) is 56.4 Å². The monoisotopic (exact) mass is 366 g/mol. The van der Waals surface area contributed by atoms with Gasteiger partial charge in [-0.1, -0.05) is 0 Å². The van der Waals surface area contributed by atoms with Gasteiger partial charge in [-0.3, -0.25) is 4.79 Å². The minimum absolute atomic E-state index is 0.292. The van der Waals surface area contributed by atoms with Crippen LogP contribution in [0.2, 0.25) is 0 Å². The Balaban J connectivity index is 1.48. The quantitative estimate of drug-likeness (QED) is 0.715. The SMILES string of the molecule is CN[C@@H]1CCN(c2ncc(C(=O)Nc3cn4cc(C)nc4c(C)n3)cn2)C1. The van der Waals surface area contributed by atoms with Gasteiger partial charge in [0.05, 0.1) is 23.1 Å². The maximum atomic E-state index is 12.5. The molecular formula is C18H22N8O. The van der Waals surface area contributed by atoms with Crippen molar-refractivity contribution in [2.45, 2.75) is 26.3 Å². The van der Waals surface area contributed by atoms with E-state index in [9.17, 15) is 4.79 Å². The molecule has 0 bridgehead atoms. The first-order valence-electron chi connectivity index (χ1n) is 8.92. The number of aryl methyl sites for hydroxylation is 2. The molecule has 0 unspecified atom stereocenters. The summed E-state index contributed by atoms with van der Waals surface area (Å²) in [5.41, 5.74) is 2.82. The van der Waals surface area contributed by atoms with Crippen LogP contribution in [0.5, 0.6) is 0 Å². The van der Waals surface area contributed by atoms with Crippen molar-refractivity contribution in [1.82, 2.24) is 29.7 Å². The van der Waals surface area contributed by atoms with Crippen LogP contribution in [0.25, 0.3) is 5.65 Å². The van der Waals surface area contributed by atoms with Gasteiger partial charge in [0.1, 0.15) is 5.82 Å². The predicted molar refractivity (Wildman–Crippen MR) is 102 cm³/mol. The van der Waals surface area contributed by atoms with Crippen LogP contribution in [0.1, 0.15) is 28.2 Å². The van der Waals surface area contributed by atoms with E-state index >= 15 is 0 Å². The molecule has 4 rings (SSSR count). The molecule has 1 aliphatic rings. The number of nitrogens with one attached hydrogen (secondary N) is 2. The van der Waals surface area contributed by atoms with Crippen molar-refractivity contribution in [2.75, 3.05) is 30.4 Å². The molecule has 1 aliphatic heterocycles. The molecule has 1 fully saturated rings. The molecule has 140 valence electrons. The summed E-state index contributed by atoms with van der Waals surface area (Å²) >= 11 is 0. The highest BCUT2D eigenvalue weighted by atomic mass is 16.1. The van der Waals surface area contributed by atoms with Gasteiger partial charge < -0.3 is 19.9 Å². The summed E-state index contributed by atoms with van der Waals surface area (Å²) in [6.45, 7) is 5.56. The van der Waals surface area contributed by atoms with E-state index in [1.54, 1.807) is 18.6 Å². The first-order chi connectivity index (χ1) is 13.0. The molecule has 1 saturated heterocycles. The zero-order valence-electron chi connectivity index (χ0n) is 15.6. The summed E-state index contributed by atoms with van der Waals surface area (Å²) in [6.07, 6.45) is 7.81. The Kier molecular flexibility index (Phi) is 4.44. The number of hydrogen-bond acceptors (Lipinski definition) is 7. The highest BCUT2D eigenvalue weighted by molar-refractivity contribution is 6.03. The van der Waals surface area contributed by atoms with Gasteiger partial charge in [-0.05, 0) is 27.3 Å². The maximum absolute atomic E-state index is 12.5. The molecule has 9 heteroatoms. The lowest BCUT2D eigenvalue weighted by molar-refractivity contribution is 0.102. The number of likely N-dealkylation sites (N-methyl/N-ethyl adjacent to an activating group) is 1. The van der Waals surface area contributed by atoms with Crippen LogP contribution >= 0.6 is 0 Å². The molecule has 1 atom stereocenters. The Morgan fingerprint density at radius 3 is 2.67 bits per heavy atom. The van der Waals surface area contributed by atoms with E-state index in [0.29, 0.717) is 23.4 Å². The van der Waals surface area contributed by atoms with E-state index in [0.717, 1.165) is 36.5 Å². The summed E-state index contributed by atoms with van der Waals surface area (Å²) in [4.78, 5) is 32.2. The summed E-state index contributed by atoms with van der Waals surface area (Å²) in [6, 6.07) is 0.451. The highest BCUT2D eigenvalue weighted by Crippen LogP contribution is 2.17. The Hall–Kier alpha value is -3.07. The van der Waals surface area contributed by atoms with Gasteiger partial charge in [-0.25, -0.2) is 19.9 Å². The van der Waals surface area contributed by atoms with Crippen molar-refractivity contribution in [3.05, 3.63) is 41.7 Å². The van der Waals surface area contributed by atoms with Crippen molar-refractivity contribution in [2.24, 2.45) is 0 Å². The standard InChI is InChI=1S/C18H22N8O/c1-11-8-26-10-15(23-12(2)16(26)22-11)24-17(27)13-6-20-18(21-7-13)25-5-4-14(9-25)19-3/h6-8,10,14,19H,4-5,9H2,1-3H3,(H,24,27)/t14-/m1/s1. The van der Waals surface area contributed by atoms with E-state index in [4.69, 9.17) is 0 Å².